The minimum Gasteiger partial charge on any atom is -0.459 e. The summed E-state index contributed by atoms with van der Waals surface area (Å²) >= 11 is 0. The summed E-state index contributed by atoms with van der Waals surface area (Å²) in [5.74, 6) is 0.913. The van der Waals surface area contributed by atoms with E-state index in [0.29, 0.717) is 16.3 Å². The number of nitrogens with one attached hydrogen (secondary N) is 1. The lowest BCUT2D eigenvalue weighted by molar-refractivity contribution is 0.488. The second kappa shape index (κ2) is 4.97. The Labute approximate surface area is 128 Å². The van der Waals surface area contributed by atoms with Crippen molar-refractivity contribution in [1.82, 2.24) is 5.32 Å². The molecule has 112 valence electrons. The first-order chi connectivity index (χ1) is 10.7. The summed E-state index contributed by atoms with van der Waals surface area (Å²) in [5, 5.41) is 4.17. The van der Waals surface area contributed by atoms with Crippen molar-refractivity contribution < 1.29 is 12.8 Å². The molecule has 3 aromatic rings. The highest BCUT2D eigenvalue weighted by Crippen LogP contribution is 2.31. The lowest BCUT2D eigenvalue weighted by Gasteiger charge is -2.10. The molecule has 0 aliphatic carbocycles. The van der Waals surface area contributed by atoms with Gasteiger partial charge in [-0.3, -0.25) is 0 Å². The third kappa shape index (κ3) is 2.05. The summed E-state index contributed by atoms with van der Waals surface area (Å²) in [6.07, 6.45) is 0.858. The van der Waals surface area contributed by atoms with Crippen LogP contribution >= 0.6 is 0 Å². The highest BCUT2D eigenvalue weighted by atomic mass is 32.2. The second-order valence-electron chi connectivity index (χ2n) is 5.41. The number of rotatable bonds is 2. The fourth-order valence-electron chi connectivity index (χ4n) is 2.91. The molecule has 0 unspecified atom stereocenters. The molecule has 0 bridgehead atoms. The van der Waals surface area contributed by atoms with Crippen LogP contribution in [0.1, 0.15) is 11.3 Å². The smallest absolute Gasteiger partial charge is 0.206 e. The average Bonchev–Trinajstić information content (AvgIpc) is 2.93. The quantitative estimate of drug-likeness (QED) is 0.790. The largest absolute Gasteiger partial charge is 0.459 e. The van der Waals surface area contributed by atoms with Crippen LogP contribution in [0.5, 0.6) is 0 Å². The molecule has 0 spiro atoms. The van der Waals surface area contributed by atoms with Crippen LogP contribution in [-0.2, 0) is 22.8 Å². The lowest BCUT2D eigenvalue weighted by atomic mass is 10.1. The summed E-state index contributed by atoms with van der Waals surface area (Å²) in [5.41, 5.74) is 1.87. The molecule has 1 N–H and O–H groups in total. The summed E-state index contributed by atoms with van der Waals surface area (Å²) < 4.78 is 31.3. The molecule has 1 aliphatic heterocycles. The average molecular weight is 313 g/mol. The van der Waals surface area contributed by atoms with Gasteiger partial charge in [0, 0.05) is 10.9 Å². The highest BCUT2D eigenvalue weighted by Gasteiger charge is 2.22. The minimum atomic E-state index is -3.49. The maximum absolute atomic E-state index is 12.7. The standard InChI is InChI=1S/C17H15NO3S/c19-22(20,12-4-2-1-3-5-12)13-6-7-16-15(10-13)14-8-9-18-11-17(14)21-16/h1-7,10,18H,8-9,11H2. The summed E-state index contributed by atoms with van der Waals surface area (Å²) in [4.78, 5) is 0.627. The Bertz CT molecular complexity index is 943. The van der Waals surface area contributed by atoms with Gasteiger partial charge in [-0.05, 0) is 43.3 Å². The Morgan fingerprint density at radius 1 is 1.00 bits per heavy atom. The van der Waals surface area contributed by atoms with Crippen LogP contribution < -0.4 is 5.32 Å². The number of furan rings is 1. The Balaban J connectivity index is 1.90. The maximum Gasteiger partial charge on any atom is 0.206 e. The number of hydrogen-bond donors (Lipinski definition) is 1. The van der Waals surface area contributed by atoms with Gasteiger partial charge in [0.2, 0.25) is 9.84 Å². The van der Waals surface area contributed by atoms with Gasteiger partial charge >= 0.3 is 0 Å². The van der Waals surface area contributed by atoms with E-state index in [1.54, 1.807) is 42.5 Å². The van der Waals surface area contributed by atoms with Gasteiger partial charge in [0.15, 0.2) is 0 Å². The molecule has 4 nitrogen and oxygen atoms in total. The van der Waals surface area contributed by atoms with Gasteiger partial charge in [-0.25, -0.2) is 8.42 Å². The fraction of sp³-hybridized carbons (Fsp3) is 0.176. The van der Waals surface area contributed by atoms with Crippen molar-refractivity contribution in [3.05, 3.63) is 59.9 Å². The van der Waals surface area contributed by atoms with Crippen LogP contribution in [-0.4, -0.2) is 15.0 Å². The summed E-state index contributed by atoms with van der Waals surface area (Å²) in [6, 6.07) is 13.6. The second-order valence-corrected chi connectivity index (χ2v) is 7.35. The van der Waals surface area contributed by atoms with Gasteiger partial charge in [-0.1, -0.05) is 18.2 Å². The van der Waals surface area contributed by atoms with Crippen molar-refractivity contribution in [2.24, 2.45) is 0 Å². The fourth-order valence-corrected chi connectivity index (χ4v) is 4.22. The van der Waals surface area contributed by atoms with Gasteiger partial charge in [0.1, 0.15) is 11.3 Å². The van der Waals surface area contributed by atoms with E-state index >= 15 is 0 Å². The topological polar surface area (TPSA) is 59.3 Å². The van der Waals surface area contributed by atoms with E-state index in [4.69, 9.17) is 4.42 Å². The third-order valence-electron chi connectivity index (χ3n) is 4.05. The van der Waals surface area contributed by atoms with Crippen LogP contribution in [0.3, 0.4) is 0 Å². The number of sulfone groups is 1. The Kier molecular flexibility index (Phi) is 3.06. The number of benzene rings is 2. The van der Waals surface area contributed by atoms with Crippen molar-refractivity contribution in [3.8, 4) is 0 Å². The first-order valence-electron chi connectivity index (χ1n) is 7.21. The van der Waals surface area contributed by atoms with E-state index in [2.05, 4.69) is 5.32 Å². The summed E-state index contributed by atoms with van der Waals surface area (Å²) in [7, 11) is -3.49. The van der Waals surface area contributed by atoms with Gasteiger partial charge in [-0.15, -0.1) is 0 Å². The van der Waals surface area contributed by atoms with Gasteiger partial charge in [-0.2, -0.15) is 0 Å². The van der Waals surface area contributed by atoms with Gasteiger partial charge < -0.3 is 9.73 Å². The molecule has 2 aromatic carbocycles. The monoisotopic (exact) mass is 313 g/mol. The Morgan fingerprint density at radius 2 is 1.82 bits per heavy atom. The maximum atomic E-state index is 12.7. The molecule has 5 heteroatoms. The SMILES string of the molecule is O=S(=O)(c1ccccc1)c1ccc2oc3c(c2c1)CCNC3. The summed E-state index contributed by atoms with van der Waals surface area (Å²) in [6.45, 7) is 1.59. The Morgan fingerprint density at radius 3 is 2.64 bits per heavy atom. The minimum absolute atomic E-state index is 0.313. The molecule has 0 saturated heterocycles. The molecule has 1 aromatic heterocycles. The van der Waals surface area contributed by atoms with Crippen molar-refractivity contribution in [2.45, 2.75) is 22.8 Å². The lowest BCUT2D eigenvalue weighted by Crippen LogP contribution is -2.22. The number of fused-ring (bicyclic) bond motifs is 3. The van der Waals surface area contributed by atoms with Gasteiger partial charge in [0.05, 0.1) is 16.3 Å². The van der Waals surface area contributed by atoms with Crippen LogP contribution in [0.2, 0.25) is 0 Å². The molecule has 2 heterocycles. The Hall–Kier alpha value is -2.11. The number of hydrogen-bond acceptors (Lipinski definition) is 4. The van der Waals surface area contributed by atoms with Crippen molar-refractivity contribution in [1.29, 1.82) is 0 Å². The van der Waals surface area contributed by atoms with E-state index in [1.165, 1.54) is 0 Å². The molecule has 4 rings (SSSR count). The molecule has 1 aliphatic rings. The molecule has 0 radical (unpaired) electrons. The molecular weight excluding hydrogens is 298 g/mol. The predicted molar refractivity (Wildman–Crippen MR) is 83.5 cm³/mol. The first kappa shape index (κ1) is 13.5. The molecule has 22 heavy (non-hydrogen) atoms. The zero-order valence-electron chi connectivity index (χ0n) is 11.9. The van der Waals surface area contributed by atoms with E-state index in [9.17, 15) is 8.42 Å². The van der Waals surface area contributed by atoms with E-state index in [-0.39, 0.29) is 0 Å². The van der Waals surface area contributed by atoms with Crippen LogP contribution in [0, 0.1) is 0 Å². The normalized spacial score (nSPS) is 14.9. The zero-order valence-corrected chi connectivity index (χ0v) is 12.7. The van der Waals surface area contributed by atoms with Crippen LogP contribution in [0.4, 0.5) is 0 Å². The van der Waals surface area contributed by atoms with Crippen LogP contribution in [0.25, 0.3) is 11.0 Å². The van der Waals surface area contributed by atoms with E-state index < -0.39 is 9.84 Å². The predicted octanol–water partition coefficient (Wildman–Crippen LogP) is 2.91. The highest BCUT2D eigenvalue weighted by molar-refractivity contribution is 7.91. The third-order valence-corrected chi connectivity index (χ3v) is 5.81. The molecule has 0 fully saturated rings. The molecule has 0 amide bonds. The molecule has 0 atom stereocenters. The van der Waals surface area contributed by atoms with E-state index in [0.717, 1.165) is 35.3 Å². The van der Waals surface area contributed by atoms with Crippen molar-refractivity contribution >= 4 is 20.8 Å². The van der Waals surface area contributed by atoms with E-state index in [1.807, 2.05) is 6.07 Å². The van der Waals surface area contributed by atoms with Crippen LogP contribution in [0.15, 0.2) is 62.7 Å². The first-order valence-corrected chi connectivity index (χ1v) is 8.70. The van der Waals surface area contributed by atoms with Crippen molar-refractivity contribution in [2.75, 3.05) is 6.54 Å². The molecule has 0 saturated carbocycles. The van der Waals surface area contributed by atoms with Crippen molar-refractivity contribution in [3.63, 3.8) is 0 Å². The van der Waals surface area contributed by atoms with Gasteiger partial charge in [0.25, 0.3) is 0 Å². The zero-order chi connectivity index (χ0) is 15.2. The molecular formula is C17H15NO3S.